The molecule has 0 heterocycles. The van der Waals surface area contributed by atoms with Crippen molar-refractivity contribution in [1.82, 2.24) is 0 Å². The van der Waals surface area contributed by atoms with Crippen LogP contribution in [0, 0.1) is 0 Å². The maximum Gasteiger partial charge on any atom is 0.0594 e. The van der Waals surface area contributed by atoms with Crippen LogP contribution in [0.25, 0.3) is 0 Å². The Morgan fingerprint density at radius 2 is 0.938 bits per heavy atom. The summed E-state index contributed by atoms with van der Waals surface area (Å²) >= 11 is 0. The van der Waals surface area contributed by atoms with Crippen LogP contribution in [-0.4, -0.2) is 24.6 Å². The molecule has 0 aliphatic carbocycles. The van der Waals surface area contributed by atoms with E-state index in [1.54, 1.807) is 18.5 Å². The molecule has 0 radical (unpaired) electrons. The van der Waals surface area contributed by atoms with E-state index in [0.29, 0.717) is 0 Å². The van der Waals surface area contributed by atoms with Gasteiger partial charge in [0.15, 0.2) is 0 Å². The highest BCUT2D eigenvalue weighted by atomic mass is 79.9. The van der Waals surface area contributed by atoms with Crippen LogP contribution in [0.1, 0.15) is 66.2 Å². The number of rotatable bonds is 10. The first kappa shape index (κ1) is 19.3. The zero-order valence-corrected chi connectivity index (χ0v) is 14.5. The van der Waals surface area contributed by atoms with Gasteiger partial charge in [0.25, 0.3) is 0 Å². The van der Waals surface area contributed by atoms with Gasteiger partial charge >= 0.3 is 0 Å². The van der Waals surface area contributed by atoms with Crippen LogP contribution in [0.4, 0.5) is 0 Å². The lowest BCUT2D eigenvalue weighted by Gasteiger charge is -2.26. The van der Waals surface area contributed by atoms with Crippen molar-refractivity contribution in [3.05, 3.63) is 0 Å². The molecular formula is C14H33BrP+. The maximum atomic E-state index is 2.45. The molecule has 0 amide bonds. The van der Waals surface area contributed by atoms with Crippen molar-refractivity contribution in [2.24, 2.45) is 0 Å². The van der Waals surface area contributed by atoms with Crippen molar-refractivity contribution >= 4 is 24.2 Å². The van der Waals surface area contributed by atoms with Gasteiger partial charge in [-0.2, -0.15) is 0 Å². The van der Waals surface area contributed by atoms with Gasteiger partial charge < -0.3 is 0 Å². The highest BCUT2D eigenvalue weighted by molar-refractivity contribution is 8.93. The Balaban J connectivity index is 0. The Hall–Kier alpha value is 0.910. The standard InChI is InChI=1S/C14H32P.BrH/c1-5-9-12-15(8-4,13-10-6-2)14-11-7-3;/h5-14H2,1-4H3;1H/q+1;. The summed E-state index contributed by atoms with van der Waals surface area (Å²) in [6.07, 6.45) is 14.9. The van der Waals surface area contributed by atoms with E-state index in [0.717, 1.165) is 0 Å². The van der Waals surface area contributed by atoms with Gasteiger partial charge in [0.2, 0.25) is 0 Å². The summed E-state index contributed by atoms with van der Waals surface area (Å²) in [6.45, 7) is 9.46. The molecule has 0 spiro atoms. The Labute approximate surface area is 115 Å². The average Bonchev–Trinajstić information content (AvgIpc) is 2.29. The van der Waals surface area contributed by atoms with Gasteiger partial charge in [0.1, 0.15) is 0 Å². The Bertz CT molecular complexity index is 115. The van der Waals surface area contributed by atoms with E-state index in [4.69, 9.17) is 0 Å². The number of hydrogen-bond donors (Lipinski definition) is 0. The second-order valence-corrected chi connectivity index (χ2v) is 9.55. The maximum absolute atomic E-state index is 2.45. The molecule has 16 heavy (non-hydrogen) atoms. The smallest absolute Gasteiger partial charge is 0.0594 e. The lowest BCUT2D eigenvalue weighted by molar-refractivity contribution is 0.834. The minimum absolute atomic E-state index is 0. The topological polar surface area (TPSA) is 0 Å². The predicted octanol–water partition coefficient (Wildman–Crippen LogP) is 6.00. The van der Waals surface area contributed by atoms with Crippen molar-refractivity contribution in [3.63, 3.8) is 0 Å². The van der Waals surface area contributed by atoms with Crippen molar-refractivity contribution < 1.29 is 0 Å². The first-order valence-electron chi connectivity index (χ1n) is 7.09. The molecule has 0 N–H and O–H groups in total. The lowest BCUT2D eigenvalue weighted by atomic mass is 10.4. The third-order valence-corrected chi connectivity index (χ3v) is 8.77. The Morgan fingerprint density at radius 1 is 0.625 bits per heavy atom. The summed E-state index contributed by atoms with van der Waals surface area (Å²) in [6, 6.07) is 0. The van der Waals surface area contributed by atoms with Gasteiger partial charge in [0.05, 0.1) is 24.6 Å². The lowest BCUT2D eigenvalue weighted by Crippen LogP contribution is -2.11. The van der Waals surface area contributed by atoms with Crippen LogP contribution in [-0.2, 0) is 0 Å². The summed E-state index contributed by atoms with van der Waals surface area (Å²) in [4.78, 5) is 0. The minimum atomic E-state index is -0.527. The molecule has 0 aliphatic heterocycles. The zero-order valence-electron chi connectivity index (χ0n) is 11.9. The molecule has 0 aromatic rings. The Morgan fingerprint density at radius 3 is 1.12 bits per heavy atom. The number of halogens is 1. The molecule has 0 aromatic heterocycles. The molecule has 0 bridgehead atoms. The predicted molar refractivity (Wildman–Crippen MR) is 87.1 cm³/mol. The van der Waals surface area contributed by atoms with E-state index >= 15 is 0 Å². The summed E-state index contributed by atoms with van der Waals surface area (Å²) < 4.78 is 0. The van der Waals surface area contributed by atoms with Crippen LogP contribution in [0.5, 0.6) is 0 Å². The fraction of sp³-hybridized carbons (Fsp3) is 1.00. The Kier molecular flexibility index (Phi) is 14.9. The highest BCUT2D eigenvalue weighted by Crippen LogP contribution is 2.60. The minimum Gasteiger partial charge on any atom is -0.114 e. The van der Waals surface area contributed by atoms with Gasteiger partial charge in [-0.1, -0.05) is 40.0 Å². The van der Waals surface area contributed by atoms with Gasteiger partial charge in [-0.15, -0.1) is 17.0 Å². The third-order valence-electron chi connectivity index (χ3n) is 3.63. The molecule has 100 valence electrons. The first-order chi connectivity index (χ1) is 7.24. The van der Waals surface area contributed by atoms with E-state index in [1.165, 1.54) is 44.7 Å². The molecule has 0 unspecified atom stereocenters. The zero-order chi connectivity index (χ0) is 11.6. The molecule has 2 heteroatoms. The van der Waals surface area contributed by atoms with Crippen molar-refractivity contribution in [2.45, 2.75) is 66.2 Å². The normalized spacial score (nSPS) is 11.2. The molecule has 0 atom stereocenters. The monoisotopic (exact) mass is 311 g/mol. The van der Waals surface area contributed by atoms with Crippen molar-refractivity contribution in [1.29, 1.82) is 0 Å². The van der Waals surface area contributed by atoms with E-state index in [1.807, 2.05) is 0 Å². The summed E-state index contributed by atoms with van der Waals surface area (Å²) in [7, 11) is -0.527. The van der Waals surface area contributed by atoms with Crippen LogP contribution in [0.15, 0.2) is 0 Å². The van der Waals surface area contributed by atoms with Gasteiger partial charge in [-0.05, 0) is 26.2 Å². The quantitative estimate of drug-likeness (QED) is 0.434. The summed E-state index contributed by atoms with van der Waals surface area (Å²) in [5, 5.41) is 0. The van der Waals surface area contributed by atoms with Crippen molar-refractivity contribution in [2.75, 3.05) is 24.6 Å². The van der Waals surface area contributed by atoms with Crippen LogP contribution < -0.4 is 0 Å². The van der Waals surface area contributed by atoms with Crippen molar-refractivity contribution in [3.8, 4) is 0 Å². The number of hydrogen-bond acceptors (Lipinski definition) is 0. The largest absolute Gasteiger partial charge is 0.114 e. The van der Waals surface area contributed by atoms with E-state index in [9.17, 15) is 0 Å². The molecule has 0 nitrogen and oxygen atoms in total. The first-order valence-corrected chi connectivity index (χ1v) is 9.62. The second-order valence-electron chi connectivity index (χ2n) is 4.89. The van der Waals surface area contributed by atoms with Crippen LogP contribution >= 0.6 is 24.2 Å². The molecule has 0 fully saturated rings. The third kappa shape index (κ3) is 8.07. The summed E-state index contributed by atoms with van der Waals surface area (Å²) in [5.41, 5.74) is 0. The fourth-order valence-electron chi connectivity index (χ4n) is 2.29. The van der Waals surface area contributed by atoms with Crippen LogP contribution in [0.3, 0.4) is 0 Å². The molecule has 0 aliphatic rings. The van der Waals surface area contributed by atoms with E-state index in [2.05, 4.69) is 27.7 Å². The second kappa shape index (κ2) is 12.4. The van der Waals surface area contributed by atoms with Crippen LogP contribution in [0.2, 0.25) is 0 Å². The summed E-state index contributed by atoms with van der Waals surface area (Å²) in [5.74, 6) is 0. The molecule has 0 saturated carbocycles. The molecule has 0 aromatic carbocycles. The fourth-order valence-corrected chi connectivity index (χ4v) is 6.87. The highest BCUT2D eigenvalue weighted by Gasteiger charge is 2.32. The van der Waals surface area contributed by atoms with Gasteiger partial charge in [0, 0.05) is 7.26 Å². The van der Waals surface area contributed by atoms with E-state index in [-0.39, 0.29) is 17.0 Å². The SMILES string of the molecule is Br.CCCC[P+](CC)(CCCC)CCCC. The van der Waals surface area contributed by atoms with E-state index < -0.39 is 7.26 Å². The molecule has 0 saturated heterocycles. The molecule has 0 rings (SSSR count). The molecular weight excluding hydrogens is 279 g/mol. The average molecular weight is 312 g/mol. The van der Waals surface area contributed by atoms with Gasteiger partial charge in [-0.3, -0.25) is 0 Å². The van der Waals surface area contributed by atoms with Gasteiger partial charge in [-0.25, -0.2) is 0 Å². The number of unbranched alkanes of at least 4 members (excludes halogenated alkanes) is 3.